The van der Waals surface area contributed by atoms with Gasteiger partial charge in [0.2, 0.25) is 5.88 Å². The molecule has 0 saturated heterocycles. The molecule has 6 heteroatoms. The summed E-state index contributed by atoms with van der Waals surface area (Å²) in [5, 5.41) is 9.13. The van der Waals surface area contributed by atoms with Crippen LogP contribution in [-0.2, 0) is 0 Å². The van der Waals surface area contributed by atoms with E-state index in [1.807, 2.05) is 4.98 Å². The van der Waals surface area contributed by atoms with Gasteiger partial charge in [-0.2, -0.15) is 10.5 Å². The van der Waals surface area contributed by atoms with Gasteiger partial charge in [-0.05, 0) is 6.26 Å². The Morgan fingerprint density at radius 2 is 2.00 bits per heavy atom. The molecule has 0 aromatic carbocycles. The zero-order valence-corrected chi connectivity index (χ0v) is 7.20. The van der Waals surface area contributed by atoms with E-state index >= 15 is 0 Å². The van der Waals surface area contributed by atoms with E-state index in [1.165, 1.54) is 0 Å². The first-order valence-corrected chi connectivity index (χ1v) is 4.83. The number of aromatic amines is 2. The molecule has 3 N–H and O–H groups in total. The molecule has 0 aliphatic rings. The Hall–Kier alpha value is -1.30. The van der Waals surface area contributed by atoms with Crippen LogP contribution in [-0.4, -0.2) is 27.2 Å². The van der Waals surface area contributed by atoms with Crippen LogP contribution in [0, 0.1) is 0 Å². The van der Waals surface area contributed by atoms with E-state index in [9.17, 15) is 9.59 Å². The van der Waals surface area contributed by atoms with Crippen molar-refractivity contribution in [2.45, 2.75) is 4.90 Å². The predicted molar refractivity (Wildman–Crippen MR) is 48.3 cm³/mol. The van der Waals surface area contributed by atoms with Crippen LogP contribution in [0.2, 0.25) is 0 Å². The van der Waals surface area contributed by atoms with Crippen LogP contribution in [0.4, 0.5) is 0 Å². The third kappa shape index (κ3) is 1.48. The average Bonchev–Trinajstić information content (AvgIpc) is 1.82. The van der Waals surface area contributed by atoms with E-state index in [1.54, 1.807) is 6.26 Å². The number of rotatable bonds is 1. The van der Waals surface area contributed by atoms with Crippen molar-refractivity contribution < 1.29 is 5.11 Å². The van der Waals surface area contributed by atoms with Crippen molar-refractivity contribution in [1.82, 2.24) is 9.97 Å². The number of aromatic hydroxyl groups is 1. The summed E-state index contributed by atoms with van der Waals surface area (Å²) in [4.78, 5) is 25.8. The summed E-state index contributed by atoms with van der Waals surface area (Å²) in [6, 6.07) is 0. The van der Waals surface area contributed by atoms with Crippen molar-refractivity contribution in [3.05, 3.63) is 20.8 Å². The third-order valence-corrected chi connectivity index (χ3v) is 2.30. The monoisotopic (exact) mass is 188 g/mol. The van der Waals surface area contributed by atoms with Crippen molar-refractivity contribution in [1.29, 1.82) is 0 Å². The maximum Gasteiger partial charge on any atom is 0.328 e. The molecule has 66 valence electrons. The lowest BCUT2D eigenvalue weighted by atomic mass is 10.6. The van der Waals surface area contributed by atoms with Crippen molar-refractivity contribution in [3.63, 3.8) is 0 Å². The molecule has 1 heterocycles. The van der Waals surface area contributed by atoms with Crippen LogP contribution in [0.3, 0.4) is 0 Å². The minimum atomic E-state index is -0.716. The highest BCUT2D eigenvalue weighted by atomic mass is 32.2. The summed E-state index contributed by atoms with van der Waals surface area (Å²) in [5.74, 6) is 3.19. The normalized spacial score (nSPS) is 12.8. The summed E-state index contributed by atoms with van der Waals surface area (Å²) in [6.07, 6.45) is 1.67. The van der Waals surface area contributed by atoms with Gasteiger partial charge in [0.1, 0.15) is 4.90 Å². The molecule has 1 unspecified atom stereocenters. The minimum absolute atomic E-state index is 0.120. The number of aromatic nitrogens is 2. The zero-order valence-electron chi connectivity index (χ0n) is 6.38. The van der Waals surface area contributed by atoms with E-state index in [0.29, 0.717) is 0 Å². The molecule has 0 radical (unpaired) electrons. The fourth-order valence-electron chi connectivity index (χ4n) is 0.786. The van der Waals surface area contributed by atoms with Crippen LogP contribution in [0.5, 0.6) is 5.88 Å². The maximum absolute atomic E-state index is 11.0. The molecule has 0 aliphatic carbocycles. The van der Waals surface area contributed by atoms with Crippen molar-refractivity contribution in [2.24, 2.45) is 0 Å². The molecule has 1 atom stereocenters. The number of nitrogens with one attached hydrogen (secondary N) is 2. The van der Waals surface area contributed by atoms with Crippen LogP contribution in [0.25, 0.3) is 0 Å². The summed E-state index contributed by atoms with van der Waals surface area (Å²) in [6.45, 7) is 0. The van der Waals surface area contributed by atoms with Gasteiger partial charge in [-0.25, -0.2) is 4.79 Å². The van der Waals surface area contributed by atoms with E-state index in [2.05, 4.69) is 10.9 Å². The Kier molecular flexibility index (Phi) is 2.18. The summed E-state index contributed by atoms with van der Waals surface area (Å²) in [5.41, 5.74) is -1.30. The molecule has 0 aliphatic heterocycles. The van der Waals surface area contributed by atoms with Crippen molar-refractivity contribution in [2.75, 3.05) is 6.26 Å². The van der Waals surface area contributed by atoms with Crippen LogP contribution in [0.15, 0.2) is 14.5 Å². The van der Waals surface area contributed by atoms with E-state index in [-0.39, 0.29) is 4.90 Å². The second-order valence-corrected chi connectivity index (χ2v) is 3.91. The zero-order chi connectivity index (χ0) is 9.30. The van der Waals surface area contributed by atoms with E-state index in [0.717, 1.165) is 0 Å². The van der Waals surface area contributed by atoms with Gasteiger partial charge in [0.05, 0.1) is 0 Å². The van der Waals surface area contributed by atoms with Crippen molar-refractivity contribution in [3.8, 4) is 5.88 Å². The Labute approximate surface area is 70.0 Å². The molecule has 1 aromatic rings. The predicted octanol–water partition coefficient (Wildman–Crippen LogP) is -0.542. The van der Waals surface area contributed by atoms with Gasteiger partial charge in [0.25, 0.3) is 5.56 Å². The molecule has 5 nitrogen and oxygen atoms in total. The van der Waals surface area contributed by atoms with Gasteiger partial charge >= 0.3 is 5.69 Å². The smallest absolute Gasteiger partial charge is 0.328 e. The first kappa shape index (κ1) is 8.79. The Bertz CT molecular complexity index is 431. The SMILES string of the molecule is C=S(C)c1c(O)[nH]c(=O)[nH]c1=O. The molecule has 0 spiro atoms. The van der Waals surface area contributed by atoms with Gasteiger partial charge in [-0.15, -0.1) is 0 Å². The first-order chi connectivity index (χ1) is 5.52. The van der Waals surface area contributed by atoms with Crippen molar-refractivity contribution >= 4 is 16.4 Å². The molecular formula is C6H8N2O3S. The number of hydrogen-bond donors (Lipinski definition) is 3. The molecule has 1 aromatic heterocycles. The highest BCUT2D eigenvalue weighted by Crippen LogP contribution is 2.22. The Balaban J connectivity index is 3.60. The first-order valence-electron chi connectivity index (χ1n) is 3.03. The fraction of sp³-hybridized carbons (Fsp3) is 0.167. The lowest BCUT2D eigenvalue weighted by Crippen LogP contribution is -2.23. The molecule has 0 bridgehead atoms. The number of H-pyrrole nitrogens is 2. The lowest BCUT2D eigenvalue weighted by Gasteiger charge is -2.00. The van der Waals surface area contributed by atoms with Gasteiger partial charge in [0, 0.05) is 0 Å². The highest BCUT2D eigenvalue weighted by molar-refractivity contribution is 8.13. The number of hydrogen-bond acceptors (Lipinski definition) is 3. The molecule has 12 heavy (non-hydrogen) atoms. The average molecular weight is 188 g/mol. The van der Waals surface area contributed by atoms with Crippen LogP contribution >= 0.6 is 10.5 Å². The van der Waals surface area contributed by atoms with Gasteiger partial charge in [-0.1, -0.05) is 5.87 Å². The summed E-state index contributed by atoms with van der Waals surface area (Å²) < 4.78 is 0. The largest absolute Gasteiger partial charge is 0.494 e. The summed E-state index contributed by atoms with van der Waals surface area (Å²) >= 11 is 0. The van der Waals surface area contributed by atoms with E-state index < -0.39 is 27.6 Å². The lowest BCUT2D eigenvalue weighted by molar-refractivity contribution is 0.433. The van der Waals surface area contributed by atoms with E-state index in [4.69, 9.17) is 5.11 Å². The molecular weight excluding hydrogens is 180 g/mol. The topological polar surface area (TPSA) is 85.9 Å². The molecule has 0 saturated carbocycles. The standard InChI is InChI=1S/C6H8N2O3S/c1-12(2)3-4(9)7-6(11)8-5(3)10/h1H2,2H3,(H3,7,8,9,10,11). The maximum atomic E-state index is 11.0. The quantitative estimate of drug-likeness (QED) is 0.517. The van der Waals surface area contributed by atoms with Gasteiger partial charge in [0.15, 0.2) is 0 Å². The fourth-order valence-corrected chi connectivity index (χ4v) is 1.53. The second-order valence-electron chi connectivity index (χ2n) is 2.22. The third-order valence-electron chi connectivity index (χ3n) is 1.23. The highest BCUT2D eigenvalue weighted by Gasteiger charge is 2.07. The Morgan fingerprint density at radius 1 is 1.42 bits per heavy atom. The minimum Gasteiger partial charge on any atom is -0.494 e. The molecule has 1 rings (SSSR count). The van der Waals surface area contributed by atoms with Crippen LogP contribution < -0.4 is 11.2 Å². The van der Waals surface area contributed by atoms with Gasteiger partial charge in [-0.3, -0.25) is 14.8 Å². The molecule has 0 amide bonds. The Morgan fingerprint density at radius 3 is 2.42 bits per heavy atom. The summed E-state index contributed by atoms with van der Waals surface area (Å²) in [7, 11) is -0.624. The molecule has 0 fully saturated rings. The second kappa shape index (κ2) is 2.98. The van der Waals surface area contributed by atoms with Gasteiger partial charge < -0.3 is 5.11 Å². The van der Waals surface area contributed by atoms with Crippen LogP contribution in [0.1, 0.15) is 0 Å².